The topological polar surface area (TPSA) is 24.4 Å². The fourth-order valence-electron chi connectivity index (χ4n) is 1.59. The van der Waals surface area contributed by atoms with Gasteiger partial charge in [-0.25, -0.2) is 0 Å². The summed E-state index contributed by atoms with van der Waals surface area (Å²) in [6.07, 6.45) is 0. The lowest BCUT2D eigenvalue weighted by Crippen LogP contribution is -2.12. The molecule has 2 nitrogen and oxygen atoms in total. The number of benzene rings is 1. The third kappa shape index (κ3) is 3.17. The Balaban J connectivity index is 2.06. The van der Waals surface area contributed by atoms with E-state index >= 15 is 0 Å². The van der Waals surface area contributed by atoms with Crippen LogP contribution in [0.15, 0.2) is 23.2 Å². The lowest BCUT2D eigenvalue weighted by atomic mass is 10.1. The number of hydrogen-bond donors (Lipinski definition) is 1. The minimum Gasteiger partial charge on any atom is -0.335 e. The van der Waals surface area contributed by atoms with Crippen molar-refractivity contribution in [2.24, 2.45) is 10.9 Å². The molecule has 1 heterocycles. The normalized spacial score (nSPS) is 19.6. The first-order valence-corrected chi connectivity index (χ1v) is 7.16. The average molecular weight is 269 g/mol. The summed E-state index contributed by atoms with van der Waals surface area (Å²) in [5.74, 6) is 1.67. The van der Waals surface area contributed by atoms with Crippen LogP contribution >= 0.6 is 23.4 Å². The van der Waals surface area contributed by atoms with Crippen molar-refractivity contribution in [3.05, 3.63) is 28.8 Å². The zero-order chi connectivity index (χ0) is 12.4. The molecule has 1 unspecified atom stereocenters. The Morgan fingerprint density at radius 3 is 2.82 bits per heavy atom. The van der Waals surface area contributed by atoms with E-state index in [2.05, 4.69) is 24.2 Å². The van der Waals surface area contributed by atoms with Crippen LogP contribution in [-0.2, 0) is 0 Å². The summed E-state index contributed by atoms with van der Waals surface area (Å²) >= 11 is 7.87. The third-order valence-electron chi connectivity index (χ3n) is 2.87. The minimum atomic E-state index is 0.434. The van der Waals surface area contributed by atoms with E-state index in [1.54, 1.807) is 11.8 Å². The van der Waals surface area contributed by atoms with Crippen molar-refractivity contribution in [2.75, 3.05) is 11.1 Å². The van der Waals surface area contributed by atoms with Gasteiger partial charge in [0.05, 0.1) is 6.04 Å². The van der Waals surface area contributed by atoms with Crippen LogP contribution in [0.3, 0.4) is 0 Å². The van der Waals surface area contributed by atoms with Gasteiger partial charge in [0, 0.05) is 16.5 Å². The Morgan fingerprint density at radius 2 is 2.24 bits per heavy atom. The van der Waals surface area contributed by atoms with Gasteiger partial charge in [-0.05, 0) is 30.5 Å². The largest absolute Gasteiger partial charge is 0.335 e. The maximum absolute atomic E-state index is 6.09. The van der Waals surface area contributed by atoms with Crippen LogP contribution in [0.4, 0.5) is 5.69 Å². The van der Waals surface area contributed by atoms with Crippen LogP contribution in [-0.4, -0.2) is 17.0 Å². The Kier molecular flexibility index (Phi) is 4.00. The zero-order valence-corrected chi connectivity index (χ0v) is 11.9. The van der Waals surface area contributed by atoms with Crippen LogP contribution in [0.2, 0.25) is 5.02 Å². The summed E-state index contributed by atoms with van der Waals surface area (Å²) in [4.78, 5) is 4.66. The second kappa shape index (κ2) is 5.32. The highest BCUT2D eigenvalue weighted by Crippen LogP contribution is 2.26. The molecule has 0 radical (unpaired) electrons. The first-order valence-electron chi connectivity index (χ1n) is 5.80. The lowest BCUT2D eigenvalue weighted by Gasteiger charge is -2.08. The summed E-state index contributed by atoms with van der Waals surface area (Å²) in [5, 5.41) is 5.12. The Labute approximate surface area is 112 Å². The van der Waals surface area contributed by atoms with E-state index in [0.717, 1.165) is 27.2 Å². The molecule has 1 aromatic rings. The van der Waals surface area contributed by atoms with Gasteiger partial charge in [0.1, 0.15) is 0 Å². The number of nitrogens with zero attached hydrogens (tertiary/aromatic N) is 1. The molecule has 1 aliphatic heterocycles. The molecule has 0 saturated heterocycles. The monoisotopic (exact) mass is 268 g/mol. The van der Waals surface area contributed by atoms with Gasteiger partial charge in [-0.15, -0.1) is 0 Å². The van der Waals surface area contributed by atoms with Crippen LogP contribution < -0.4 is 5.32 Å². The summed E-state index contributed by atoms with van der Waals surface area (Å²) in [5.41, 5.74) is 2.11. The van der Waals surface area contributed by atoms with Crippen molar-refractivity contribution in [3.63, 3.8) is 0 Å². The molecule has 1 atom stereocenters. The van der Waals surface area contributed by atoms with E-state index in [9.17, 15) is 0 Å². The fraction of sp³-hybridized carbons (Fsp3) is 0.462. The Hall–Kier alpha value is -0.670. The highest BCUT2D eigenvalue weighted by atomic mass is 35.5. The molecule has 1 aromatic carbocycles. The van der Waals surface area contributed by atoms with E-state index in [1.165, 1.54) is 0 Å². The maximum Gasteiger partial charge on any atom is 0.161 e. The first kappa shape index (κ1) is 12.8. The van der Waals surface area contributed by atoms with Gasteiger partial charge >= 0.3 is 0 Å². The number of halogens is 1. The van der Waals surface area contributed by atoms with Crippen LogP contribution in [0, 0.1) is 12.8 Å². The van der Waals surface area contributed by atoms with E-state index in [4.69, 9.17) is 11.6 Å². The predicted molar refractivity (Wildman–Crippen MR) is 78.3 cm³/mol. The van der Waals surface area contributed by atoms with Gasteiger partial charge in [0.25, 0.3) is 0 Å². The fourth-order valence-corrected chi connectivity index (χ4v) is 2.96. The second-order valence-electron chi connectivity index (χ2n) is 4.65. The molecule has 1 N–H and O–H groups in total. The smallest absolute Gasteiger partial charge is 0.161 e. The van der Waals surface area contributed by atoms with E-state index in [1.807, 2.05) is 25.1 Å². The van der Waals surface area contributed by atoms with E-state index in [0.29, 0.717) is 12.0 Å². The zero-order valence-electron chi connectivity index (χ0n) is 10.3. The SMILES string of the molecule is Cc1ccc(NC2=NC(C(C)C)CS2)cc1Cl. The number of aliphatic imine (C=N–C) groups is 1. The molecule has 0 amide bonds. The number of nitrogens with one attached hydrogen (secondary N) is 1. The minimum absolute atomic E-state index is 0.434. The van der Waals surface area contributed by atoms with Gasteiger partial charge in [-0.2, -0.15) is 0 Å². The van der Waals surface area contributed by atoms with Crippen molar-refractivity contribution in [3.8, 4) is 0 Å². The lowest BCUT2D eigenvalue weighted by molar-refractivity contribution is 0.543. The highest BCUT2D eigenvalue weighted by molar-refractivity contribution is 8.14. The van der Waals surface area contributed by atoms with Crippen LogP contribution in [0.1, 0.15) is 19.4 Å². The number of aryl methyl sites for hydroxylation is 1. The molecule has 0 bridgehead atoms. The number of hydrogen-bond acceptors (Lipinski definition) is 3. The molecule has 4 heteroatoms. The number of anilines is 1. The second-order valence-corrected chi connectivity index (χ2v) is 6.06. The van der Waals surface area contributed by atoms with Gasteiger partial charge in [-0.1, -0.05) is 43.3 Å². The molecule has 0 spiro atoms. The van der Waals surface area contributed by atoms with Crippen LogP contribution in [0.5, 0.6) is 0 Å². The maximum atomic E-state index is 6.09. The molecule has 0 aromatic heterocycles. The molecule has 1 aliphatic rings. The van der Waals surface area contributed by atoms with Crippen molar-refractivity contribution < 1.29 is 0 Å². The number of thioether (sulfide) groups is 1. The molecule has 17 heavy (non-hydrogen) atoms. The standard InChI is InChI=1S/C13H17ClN2S/c1-8(2)12-7-17-13(16-12)15-10-5-4-9(3)11(14)6-10/h4-6,8,12H,7H2,1-3H3,(H,15,16). The summed E-state index contributed by atoms with van der Waals surface area (Å²) in [7, 11) is 0. The van der Waals surface area contributed by atoms with Crippen molar-refractivity contribution >= 4 is 34.2 Å². The van der Waals surface area contributed by atoms with Gasteiger partial charge in [-0.3, -0.25) is 4.99 Å². The number of amidine groups is 1. The molecule has 0 fully saturated rings. The van der Waals surface area contributed by atoms with E-state index < -0.39 is 0 Å². The third-order valence-corrected chi connectivity index (χ3v) is 4.26. The number of rotatable bonds is 2. The van der Waals surface area contributed by atoms with Crippen molar-refractivity contribution in [1.82, 2.24) is 0 Å². The van der Waals surface area contributed by atoms with Gasteiger partial charge in [0.2, 0.25) is 0 Å². The summed E-state index contributed by atoms with van der Waals surface area (Å²) < 4.78 is 0. The molecular weight excluding hydrogens is 252 g/mol. The quantitative estimate of drug-likeness (QED) is 0.870. The molecule has 0 saturated carbocycles. The predicted octanol–water partition coefficient (Wildman–Crippen LogP) is 4.19. The van der Waals surface area contributed by atoms with Crippen molar-refractivity contribution in [2.45, 2.75) is 26.8 Å². The van der Waals surface area contributed by atoms with Crippen LogP contribution in [0.25, 0.3) is 0 Å². The Morgan fingerprint density at radius 1 is 1.47 bits per heavy atom. The summed E-state index contributed by atoms with van der Waals surface area (Å²) in [6, 6.07) is 6.43. The van der Waals surface area contributed by atoms with E-state index in [-0.39, 0.29) is 0 Å². The highest BCUT2D eigenvalue weighted by Gasteiger charge is 2.21. The molecule has 0 aliphatic carbocycles. The molecular formula is C13H17ClN2S. The van der Waals surface area contributed by atoms with Gasteiger partial charge in [0.15, 0.2) is 5.17 Å². The molecule has 92 valence electrons. The van der Waals surface area contributed by atoms with Gasteiger partial charge < -0.3 is 5.32 Å². The average Bonchev–Trinajstić information content (AvgIpc) is 2.72. The van der Waals surface area contributed by atoms with Crippen molar-refractivity contribution in [1.29, 1.82) is 0 Å². The molecule has 2 rings (SSSR count). The Bertz CT molecular complexity index is 443. The first-order chi connectivity index (χ1) is 8.06. The summed E-state index contributed by atoms with van der Waals surface area (Å²) in [6.45, 7) is 6.42.